The highest BCUT2D eigenvalue weighted by molar-refractivity contribution is 6.31. The summed E-state index contributed by atoms with van der Waals surface area (Å²) in [4.78, 5) is 0. The van der Waals surface area contributed by atoms with Crippen molar-refractivity contribution in [1.29, 1.82) is 0 Å². The van der Waals surface area contributed by atoms with Crippen LogP contribution in [-0.2, 0) is 0 Å². The highest BCUT2D eigenvalue weighted by Gasteiger charge is 2.14. The van der Waals surface area contributed by atoms with Crippen LogP contribution in [0.5, 0.6) is 0 Å². The normalized spacial score (nSPS) is 11.0. The summed E-state index contributed by atoms with van der Waals surface area (Å²) in [6.07, 6.45) is 0. The Labute approximate surface area is 110 Å². The summed E-state index contributed by atoms with van der Waals surface area (Å²) in [5.41, 5.74) is 1.53. The molecule has 0 amide bonds. The zero-order valence-electron chi connectivity index (χ0n) is 10.2. The summed E-state index contributed by atoms with van der Waals surface area (Å²) >= 11 is 5.87. The van der Waals surface area contributed by atoms with Crippen LogP contribution < -0.4 is 0 Å². The molecule has 0 saturated heterocycles. The smallest absolute Gasteiger partial charge is 0.145 e. The van der Waals surface area contributed by atoms with Gasteiger partial charge in [-0.3, -0.25) is 0 Å². The van der Waals surface area contributed by atoms with Gasteiger partial charge in [-0.1, -0.05) is 43.6 Å². The Hall–Kier alpha value is -1.41. The van der Waals surface area contributed by atoms with Crippen molar-refractivity contribution >= 4 is 11.6 Å². The van der Waals surface area contributed by atoms with Crippen molar-refractivity contribution < 1.29 is 8.78 Å². The Morgan fingerprint density at radius 1 is 1.06 bits per heavy atom. The second kappa shape index (κ2) is 5.07. The minimum absolute atomic E-state index is 0.00535. The molecule has 0 spiro atoms. The van der Waals surface area contributed by atoms with E-state index in [1.807, 2.05) is 13.8 Å². The van der Waals surface area contributed by atoms with Gasteiger partial charge in [0.15, 0.2) is 0 Å². The molecule has 0 N–H and O–H groups in total. The topological polar surface area (TPSA) is 0 Å². The standard InChI is InChI=1S/C15H13ClF2/c1-9(2)12-7-10(8-13(16)15(12)18)11-5-3-4-6-14(11)17/h3-9H,1-2H3. The van der Waals surface area contributed by atoms with Gasteiger partial charge in [-0.15, -0.1) is 0 Å². The van der Waals surface area contributed by atoms with Crippen LogP contribution in [0.1, 0.15) is 25.3 Å². The van der Waals surface area contributed by atoms with Crippen LogP contribution in [0.25, 0.3) is 11.1 Å². The Balaban J connectivity index is 2.63. The van der Waals surface area contributed by atoms with E-state index in [0.717, 1.165) is 0 Å². The zero-order chi connectivity index (χ0) is 13.3. The van der Waals surface area contributed by atoms with Gasteiger partial charge in [-0.05, 0) is 35.2 Å². The van der Waals surface area contributed by atoms with Gasteiger partial charge in [0.25, 0.3) is 0 Å². The fourth-order valence-corrected chi connectivity index (χ4v) is 2.11. The minimum atomic E-state index is -0.424. The van der Waals surface area contributed by atoms with Crippen molar-refractivity contribution in [2.45, 2.75) is 19.8 Å². The summed E-state index contributed by atoms with van der Waals surface area (Å²) in [6, 6.07) is 9.51. The average Bonchev–Trinajstić information content (AvgIpc) is 2.33. The third kappa shape index (κ3) is 2.39. The maximum absolute atomic E-state index is 13.8. The van der Waals surface area contributed by atoms with Gasteiger partial charge in [-0.25, -0.2) is 8.78 Å². The molecule has 0 bridgehead atoms. The molecule has 0 aliphatic heterocycles. The lowest BCUT2D eigenvalue weighted by Gasteiger charge is -2.12. The largest absolute Gasteiger partial charge is 0.206 e. The van der Waals surface area contributed by atoms with Crippen LogP contribution >= 0.6 is 11.6 Å². The van der Waals surface area contributed by atoms with E-state index in [9.17, 15) is 8.78 Å². The first-order valence-electron chi connectivity index (χ1n) is 5.74. The monoisotopic (exact) mass is 266 g/mol. The van der Waals surface area contributed by atoms with Crippen LogP contribution in [-0.4, -0.2) is 0 Å². The van der Waals surface area contributed by atoms with Gasteiger partial charge in [0.1, 0.15) is 11.6 Å². The van der Waals surface area contributed by atoms with Crippen LogP contribution in [0, 0.1) is 11.6 Å². The van der Waals surface area contributed by atoms with E-state index < -0.39 is 5.82 Å². The van der Waals surface area contributed by atoms with E-state index in [0.29, 0.717) is 16.7 Å². The molecule has 94 valence electrons. The molecule has 18 heavy (non-hydrogen) atoms. The van der Waals surface area contributed by atoms with Gasteiger partial charge in [-0.2, -0.15) is 0 Å². The van der Waals surface area contributed by atoms with Crippen molar-refractivity contribution in [2.24, 2.45) is 0 Å². The SMILES string of the molecule is CC(C)c1cc(-c2ccccc2F)cc(Cl)c1F. The molecule has 0 heterocycles. The van der Waals surface area contributed by atoms with E-state index >= 15 is 0 Å². The molecule has 0 radical (unpaired) electrons. The maximum Gasteiger partial charge on any atom is 0.145 e. The molecule has 0 atom stereocenters. The van der Waals surface area contributed by atoms with Crippen LogP contribution in [0.3, 0.4) is 0 Å². The first kappa shape index (κ1) is 13.0. The van der Waals surface area contributed by atoms with E-state index in [-0.39, 0.29) is 16.8 Å². The predicted molar refractivity (Wildman–Crippen MR) is 70.9 cm³/mol. The summed E-state index contributed by atoms with van der Waals surface area (Å²) in [7, 11) is 0. The fourth-order valence-electron chi connectivity index (χ4n) is 1.88. The lowest BCUT2D eigenvalue weighted by atomic mass is 9.96. The van der Waals surface area contributed by atoms with Gasteiger partial charge in [0, 0.05) is 5.56 Å². The lowest BCUT2D eigenvalue weighted by Crippen LogP contribution is -1.96. The van der Waals surface area contributed by atoms with Gasteiger partial charge in [0.05, 0.1) is 5.02 Å². The first-order valence-corrected chi connectivity index (χ1v) is 6.12. The van der Waals surface area contributed by atoms with Crippen LogP contribution in [0.4, 0.5) is 8.78 Å². The molecule has 0 fully saturated rings. The molecule has 2 aromatic carbocycles. The highest BCUT2D eigenvalue weighted by Crippen LogP contribution is 2.32. The third-order valence-electron chi connectivity index (χ3n) is 2.86. The summed E-state index contributed by atoms with van der Waals surface area (Å²) in [6.45, 7) is 3.75. The summed E-state index contributed by atoms with van der Waals surface area (Å²) in [5.74, 6) is -0.768. The number of halogens is 3. The molecule has 2 rings (SSSR count). The van der Waals surface area contributed by atoms with Crippen molar-refractivity contribution in [3.05, 3.63) is 58.6 Å². The molecule has 2 aromatic rings. The van der Waals surface area contributed by atoms with Crippen molar-refractivity contribution in [3.8, 4) is 11.1 Å². The van der Waals surface area contributed by atoms with E-state index in [4.69, 9.17) is 11.6 Å². The highest BCUT2D eigenvalue weighted by atomic mass is 35.5. The third-order valence-corrected chi connectivity index (χ3v) is 3.14. The molecule has 0 aromatic heterocycles. The predicted octanol–water partition coefficient (Wildman–Crippen LogP) is 5.41. The summed E-state index contributed by atoms with van der Waals surface area (Å²) in [5, 5.41) is 0.0273. The molecular formula is C15H13ClF2. The number of rotatable bonds is 2. The summed E-state index contributed by atoms with van der Waals surface area (Å²) < 4.78 is 27.5. The van der Waals surface area contributed by atoms with Crippen LogP contribution in [0.15, 0.2) is 36.4 Å². The first-order chi connectivity index (χ1) is 8.50. The van der Waals surface area contributed by atoms with Crippen LogP contribution in [0.2, 0.25) is 5.02 Å². The molecule has 0 unspecified atom stereocenters. The Bertz CT molecular complexity index is 577. The molecule has 0 aliphatic carbocycles. The van der Waals surface area contributed by atoms with Gasteiger partial charge < -0.3 is 0 Å². The fraction of sp³-hybridized carbons (Fsp3) is 0.200. The number of hydrogen-bond acceptors (Lipinski definition) is 0. The average molecular weight is 267 g/mol. The molecule has 3 heteroatoms. The van der Waals surface area contributed by atoms with E-state index in [1.54, 1.807) is 24.3 Å². The van der Waals surface area contributed by atoms with Crippen molar-refractivity contribution in [2.75, 3.05) is 0 Å². The number of hydrogen-bond donors (Lipinski definition) is 0. The minimum Gasteiger partial charge on any atom is -0.206 e. The Morgan fingerprint density at radius 3 is 2.33 bits per heavy atom. The van der Waals surface area contributed by atoms with Gasteiger partial charge >= 0.3 is 0 Å². The lowest BCUT2D eigenvalue weighted by molar-refractivity contribution is 0.598. The zero-order valence-corrected chi connectivity index (χ0v) is 10.9. The van der Waals surface area contributed by atoms with E-state index in [2.05, 4.69) is 0 Å². The molecule has 0 nitrogen and oxygen atoms in total. The molecule has 0 aliphatic rings. The Morgan fingerprint density at radius 2 is 1.72 bits per heavy atom. The van der Waals surface area contributed by atoms with Crippen molar-refractivity contribution in [3.63, 3.8) is 0 Å². The Kier molecular flexibility index (Phi) is 3.67. The molecule has 0 saturated carbocycles. The second-order valence-electron chi connectivity index (χ2n) is 4.50. The maximum atomic E-state index is 13.8. The number of benzene rings is 2. The van der Waals surface area contributed by atoms with E-state index in [1.165, 1.54) is 12.1 Å². The van der Waals surface area contributed by atoms with Crippen molar-refractivity contribution in [1.82, 2.24) is 0 Å². The second-order valence-corrected chi connectivity index (χ2v) is 4.90. The molecular weight excluding hydrogens is 254 g/mol. The van der Waals surface area contributed by atoms with Gasteiger partial charge in [0.2, 0.25) is 0 Å². The quantitative estimate of drug-likeness (QED) is 0.682.